The summed E-state index contributed by atoms with van der Waals surface area (Å²) in [4.78, 5) is 4.56. The molecule has 0 saturated carbocycles. The van der Waals surface area contributed by atoms with E-state index in [0.29, 0.717) is 5.92 Å². The number of hydrogen-bond acceptors (Lipinski definition) is 3. The maximum atomic E-state index is 5.33. The lowest BCUT2D eigenvalue weighted by Gasteiger charge is -2.20. The first-order valence-corrected chi connectivity index (χ1v) is 5.57. The largest absolute Gasteiger partial charge is 0.499 e. The molecule has 0 aromatic heterocycles. The van der Waals surface area contributed by atoms with E-state index in [2.05, 4.69) is 25.4 Å². The number of allylic oxidation sites excluding steroid dienone is 2. The SMILES string of the molecule is C=C/C=C(\OC)[C@H](N=C(CC)OC)C(C)C. The fraction of sp³-hybridized carbons (Fsp3) is 0.615. The van der Waals surface area contributed by atoms with Crippen LogP contribution in [0.2, 0.25) is 0 Å². The summed E-state index contributed by atoms with van der Waals surface area (Å²) in [5, 5.41) is 0. The minimum atomic E-state index is -0.0158. The Kier molecular flexibility index (Phi) is 7.34. The van der Waals surface area contributed by atoms with Crippen molar-refractivity contribution in [2.45, 2.75) is 33.2 Å². The van der Waals surface area contributed by atoms with Crippen molar-refractivity contribution in [1.29, 1.82) is 0 Å². The van der Waals surface area contributed by atoms with Crippen LogP contribution in [-0.2, 0) is 9.47 Å². The zero-order valence-corrected chi connectivity index (χ0v) is 11.0. The van der Waals surface area contributed by atoms with Crippen LogP contribution in [0, 0.1) is 5.92 Å². The molecule has 3 nitrogen and oxygen atoms in total. The highest BCUT2D eigenvalue weighted by Crippen LogP contribution is 2.18. The second-order valence-electron chi connectivity index (χ2n) is 3.78. The van der Waals surface area contributed by atoms with E-state index in [1.165, 1.54) is 0 Å². The molecule has 0 spiro atoms. The molecule has 3 heteroatoms. The van der Waals surface area contributed by atoms with Crippen molar-refractivity contribution in [1.82, 2.24) is 0 Å². The molecule has 0 fully saturated rings. The van der Waals surface area contributed by atoms with Gasteiger partial charge in [-0.3, -0.25) is 0 Å². The van der Waals surface area contributed by atoms with E-state index in [1.807, 2.05) is 13.0 Å². The smallest absolute Gasteiger partial charge is 0.183 e. The summed E-state index contributed by atoms with van der Waals surface area (Å²) in [5.74, 6) is 1.90. The predicted octanol–water partition coefficient (Wildman–Crippen LogP) is 3.18. The van der Waals surface area contributed by atoms with Crippen molar-refractivity contribution in [3.05, 3.63) is 24.5 Å². The zero-order chi connectivity index (χ0) is 12.6. The fourth-order valence-corrected chi connectivity index (χ4v) is 1.39. The first-order valence-electron chi connectivity index (χ1n) is 5.57. The first kappa shape index (κ1) is 14.8. The van der Waals surface area contributed by atoms with E-state index in [0.717, 1.165) is 18.1 Å². The van der Waals surface area contributed by atoms with Crippen LogP contribution in [0.3, 0.4) is 0 Å². The van der Waals surface area contributed by atoms with Gasteiger partial charge in [-0.25, -0.2) is 4.99 Å². The van der Waals surface area contributed by atoms with Crippen LogP contribution in [0.1, 0.15) is 27.2 Å². The lowest BCUT2D eigenvalue weighted by molar-refractivity contribution is 0.245. The molecule has 0 amide bonds. The van der Waals surface area contributed by atoms with Crippen molar-refractivity contribution in [3.8, 4) is 0 Å². The quantitative estimate of drug-likeness (QED) is 0.301. The van der Waals surface area contributed by atoms with Crippen molar-refractivity contribution in [2.24, 2.45) is 10.9 Å². The summed E-state index contributed by atoms with van der Waals surface area (Å²) in [6, 6.07) is -0.0158. The number of ether oxygens (including phenoxy) is 2. The van der Waals surface area contributed by atoms with Gasteiger partial charge in [-0.2, -0.15) is 0 Å². The third-order valence-electron chi connectivity index (χ3n) is 2.26. The molecular weight excluding hydrogens is 202 g/mol. The highest BCUT2D eigenvalue weighted by atomic mass is 16.5. The van der Waals surface area contributed by atoms with Gasteiger partial charge in [0.05, 0.1) is 14.2 Å². The van der Waals surface area contributed by atoms with Gasteiger partial charge in [0.15, 0.2) is 5.90 Å². The standard InChI is InChI=1S/C13H23NO2/c1-7-9-11(15-5)13(10(3)4)14-12(8-2)16-6/h7,9-10,13H,1,8H2,2-6H3/b11-9-,14-12?/t13-/m1/s1. The number of nitrogens with zero attached hydrogens (tertiary/aromatic N) is 1. The Balaban J connectivity index is 5.06. The normalized spacial score (nSPS) is 14.9. The summed E-state index contributed by atoms with van der Waals surface area (Å²) in [6.07, 6.45) is 4.34. The Hall–Kier alpha value is -1.25. The van der Waals surface area contributed by atoms with Gasteiger partial charge in [-0.05, 0) is 12.0 Å². The van der Waals surface area contributed by atoms with Gasteiger partial charge in [-0.1, -0.05) is 33.4 Å². The maximum Gasteiger partial charge on any atom is 0.183 e. The Morgan fingerprint density at radius 3 is 2.25 bits per heavy atom. The lowest BCUT2D eigenvalue weighted by atomic mass is 10.0. The molecule has 0 unspecified atom stereocenters. The van der Waals surface area contributed by atoms with Crippen LogP contribution >= 0.6 is 0 Å². The molecule has 0 aliphatic heterocycles. The molecule has 0 aromatic rings. The lowest BCUT2D eigenvalue weighted by Crippen LogP contribution is -2.20. The van der Waals surface area contributed by atoms with Crippen LogP contribution in [0.15, 0.2) is 29.5 Å². The third kappa shape index (κ3) is 4.51. The molecule has 0 aromatic carbocycles. The monoisotopic (exact) mass is 225 g/mol. The summed E-state index contributed by atoms with van der Waals surface area (Å²) < 4.78 is 10.5. The van der Waals surface area contributed by atoms with Crippen LogP contribution in [-0.4, -0.2) is 26.2 Å². The molecule has 16 heavy (non-hydrogen) atoms. The second kappa shape index (κ2) is 7.97. The molecule has 0 bridgehead atoms. The Morgan fingerprint density at radius 1 is 1.31 bits per heavy atom. The molecule has 0 N–H and O–H groups in total. The Morgan fingerprint density at radius 2 is 1.94 bits per heavy atom. The minimum absolute atomic E-state index is 0.0158. The topological polar surface area (TPSA) is 30.8 Å². The Bertz CT molecular complexity index is 261. The summed E-state index contributed by atoms with van der Waals surface area (Å²) in [7, 11) is 3.29. The van der Waals surface area contributed by atoms with Gasteiger partial charge in [0, 0.05) is 6.42 Å². The Labute approximate surface area is 98.9 Å². The van der Waals surface area contributed by atoms with Gasteiger partial charge in [0.1, 0.15) is 11.8 Å². The van der Waals surface area contributed by atoms with Crippen molar-refractivity contribution in [3.63, 3.8) is 0 Å². The average molecular weight is 225 g/mol. The molecule has 0 radical (unpaired) electrons. The third-order valence-corrected chi connectivity index (χ3v) is 2.26. The number of aliphatic imine (C=N–C) groups is 1. The molecule has 92 valence electrons. The van der Waals surface area contributed by atoms with Gasteiger partial charge in [0.25, 0.3) is 0 Å². The second-order valence-corrected chi connectivity index (χ2v) is 3.78. The number of methoxy groups -OCH3 is 2. The molecule has 0 rings (SSSR count). The van der Waals surface area contributed by atoms with Gasteiger partial charge in [0.2, 0.25) is 0 Å². The summed E-state index contributed by atoms with van der Waals surface area (Å²) in [6.45, 7) is 9.90. The first-order chi connectivity index (χ1) is 7.60. The van der Waals surface area contributed by atoms with Crippen molar-refractivity contribution >= 4 is 5.90 Å². The van der Waals surface area contributed by atoms with E-state index in [9.17, 15) is 0 Å². The van der Waals surface area contributed by atoms with E-state index in [-0.39, 0.29) is 6.04 Å². The maximum absolute atomic E-state index is 5.33. The molecular formula is C13H23NO2. The van der Waals surface area contributed by atoms with Crippen molar-refractivity contribution in [2.75, 3.05) is 14.2 Å². The highest BCUT2D eigenvalue weighted by molar-refractivity contribution is 5.76. The van der Waals surface area contributed by atoms with E-state index in [4.69, 9.17) is 9.47 Å². The molecule has 0 aliphatic rings. The van der Waals surface area contributed by atoms with Crippen LogP contribution in [0.4, 0.5) is 0 Å². The average Bonchev–Trinajstić information content (AvgIpc) is 2.28. The van der Waals surface area contributed by atoms with Gasteiger partial charge < -0.3 is 9.47 Å². The van der Waals surface area contributed by atoms with Gasteiger partial charge in [-0.15, -0.1) is 0 Å². The van der Waals surface area contributed by atoms with E-state index >= 15 is 0 Å². The summed E-state index contributed by atoms with van der Waals surface area (Å²) >= 11 is 0. The fourth-order valence-electron chi connectivity index (χ4n) is 1.39. The van der Waals surface area contributed by atoms with E-state index < -0.39 is 0 Å². The predicted molar refractivity (Wildman–Crippen MR) is 68.7 cm³/mol. The van der Waals surface area contributed by atoms with Crippen LogP contribution in [0.5, 0.6) is 0 Å². The molecule has 1 atom stereocenters. The number of hydrogen-bond donors (Lipinski definition) is 0. The molecule has 0 heterocycles. The zero-order valence-electron chi connectivity index (χ0n) is 11.0. The highest BCUT2D eigenvalue weighted by Gasteiger charge is 2.18. The van der Waals surface area contributed by atoms with Crippen LogP contribution in [0.25, 0.3) is 0 Å². The van der Waals surface area contributed by atoms with Gasteiger partial charge >= 0.3 is 0 Å². The number of rotatable bonds is 6. The van der Waals surface area contributed by atoms with Crippen LogP contribution < -0.4 is 0 Å². The molecule has 0 saturated heterocycles. The van der Waals surface area contributed by atoms with E-state index in [1.54, 1.807) is 20.3 Å². The van der Waals surface area contributed by atoms with Crippen molar-refractivity contribution < 1.29 is 9.47 Å². The minimum Gasteiger partial charge on any atom is -0.499 e. The molecule has 0 aliphatic carbocycles. The summed E-state index contributed by atoms with van der Waals surface area (Å²) in [5.41, 5.74) is 0.